The minimum Gasteiger partial charge on any atom is -0.493 e. The van der Waals surface area contributed by atoms with Gasteiger partial charge in [-0.1, -0.05) is 35.9 Å². The van der Waals surface area contributed by atoms with Gasteiger partial charge in [0.2, 0.25) is 0 Å². The van der Waals surface area contributed by atoms with Gasteiger partial charge >= 0.3 is 0 Å². The van der Waals surface area contributed by atoms with E-state index in [1.165, 1.54) is 0 Å². The average Bonchev–Trinajstić information content (AvgIpc) is 2.91. The van der Waals surface area contributed by atoms with E-state index < -0.39 is 0 Å². The highest BCUT2D eigenvalue weighted by molar-refractivity contribution is 6.33. The van der Waals surface area contributed by atoms with E-state index in [0.717, 1.165) is 65.9 Å². The quantitative estimate of drug-likeness (QED) is 0.231. The number of nitrogens with one attached hydrogen (secondary N) is 1. The Morgan fingerprint density at radius 1 is 0.676 bits per heavy atom. The summed E-state index contributed by atoms with van der Waals surface area (Å²) >= 11 is 6.62. The summed E-state index contributed by atoms with van der Waals surface area (Å²) in [6.07, 6.45) is 0. The van der Waals surface area contributed by atoms with Crippen molar-refractivity contribution in [2.75, 3.05) is 54.5 Å². The molecule has 0 fully saturated rings. The molecule has 3 aromatic carbocycles. The number of hydrogen-bond donors (Lipinski definition) is 1. The summed E-state index contributed by atoms with van der Waals surface area (Å²) in [5, 5.41) is 4.38. The van der Waals surface area contributed by atoms with Crippen molar-refractivity contribution < 1.29 is 9.47 Å². The molecule has 0 aliphatic carbocycles. The Morgan fingerprint density at radius 3 is 1.54 bits per heavy atom. The maximum absolute atomic E-state index is 6.62. The first-order valence-corrected chi connectivity index (χ1v) is 13.9. The van der Waals surface area contributed by atoms with E-state index in [9.17, 15) is 0 Å². The van der Waals surface area contributed by atoms with Crippen LogP contribution >= 0.6 is 11.6 Å². The maximum atomic E-state index is 6.62. The minimum atomic E-state index is -0.237. The largest absolute Gasteiger partial charge is 0.493 e. The van der Waals surface area contributed by atoms with Gasteiger partial charge in [-0.05, 0) is 65.8 Å². The lowest BCUT2D eigenvalue weighted by Crippen LogP contribution is -2.23. The van der Waals surface area contributed by atoms with E-state index in [1.54, 1.807) is 0 Å². The third-order valence-electron chi connectivity index (χ3n) is 6.65. The summed E-state index contributed by atoms with van der Waals surface area (Å²) in [6.45, 7) is 17.6. The van der Waals surface area contributed by atoms with Gasteiger partial charge in [0.05, 0.1) is 30.0 Å². The molecule has 0 heterocycles. The molecule has 0 aliphatic rings. The summed E-state index contributed by atoms with van der Waals surface area (Å²) in [5.41, 5.74) is 5.23. The number of anilines is 3. The molecule has 3 aromatic rings. The van der Waals surface area contributed by atoms with E-state index >= 15 is 0 Å². The Balaban J connectivity index is 2.21. The van der Waals surface area contributed by atoms with Gasteiger partial charge in [-0.2, -0.15) is 0 Å². The van der Waals surface area contributed by atoms with Crippen molar-refractivity contribution in [3.8, 4) is 11.5 Å². The van der Waals surface area contributed by atoms with Crippen molar-refractivity contribution in [2.45, 2.75) is 47.6 Å². The van der Waals surface area contributed by atoms with Gasteiger partial charge in [0.25, 0.3) is 0 Å². The van der Waals surface area contributed by atoms with Crippen molar-refractivity contribution in [2.24, 2.45) is 0 Å². The molecular weight excluding hydrogens is 482 g/mol. The maximum Gasteiger partial charge on any atom is 0.126 e. The van der Waals surface area contributed by atoms with Crippen LogP contribution in [-0.4, -0.2) is 39.4 Å². The van der Waals surface area contributed by atoms with Crippen molar-refractivity contribution in [3.63, 3.8) is 0 Å². The van der Waals surface area contributed by atoms with Crippen molar-refractivity contribution in [3.05, 3.63) is 76.8 Å². The van der Waals surface area contributed by atoms with Gasteiger partial charge in [0.15, 0.2) is 0 Å². The molecule has 0 unspecified atom stereocenters. The van der Waals surface area contributed by atoms with Crippen LogP contribution in [0.1, 0.15) is 58.7 Å². The number of hydrogen-bond acceptors (Lipinski definition) is 5. The van der Waals surface area contributed by atoms with E-state index in [0.29, 0.717) is 18.2 Å². The van der Waals surface area contributed by atoms with Crippen LogP contribution in [0.15, 0.2) is 60.7 Å². The monoisotopic (exact) mass is 523 g/mol. The number of halogens is 1. The van der Waals surface area contributed by atoms with Crippen LogP contribution in [-0.2, 0) is 0 Å². The zero-order valence-electron chi connectivity index (χ0n) is 23.2. The van der Waals surface area contributed by atoms with Gasteiger partial charge in [-0.15, -0.1) is 0 Å². The first-order chi connectivity index (χ1) is 18.0. The molecule has 0 amide bonds. The molecule has 200 valence electrons. The molecule has 1 N–H and O–H groups in total. The minimum absolute atomic E-state index is 0.237. The van der Waals surface area contributed by atoms with Crippen LogP contribution in [0.3, 0.4) is 0 Å². The van der Waals surface area contributed by atoms with E-state index in [1.807, 2.05) is 38.1 Å². The normalized spacial score (nSPS) is 10.9. The standard InChI is InChI=1S/C31H42ClN3O2/c1-7-34(8-2)23-17-19-25(29(21-23)36-11-5)31(33-28-16-14-13-15-27(28)32)26-20-18-24(35(9-3)10-4)22-30(26)37-12-6/h13-22,31,33H,7-12H2,1-6H3. The third kappa shape index (κ3) is 6.84. The molecule has 0 aromatic heterocycles. The summed E-state index contributed by atoms with van der Waals surface area (Å²) in [5.74, 6) is 1.71. The number of para-hydroxylation sites is 1. The second-order valence-corrected chi connectivity index (χ2v) is 9.12. The van der Waals surface area contributed by atoms with Gasteiger partial charge in [-0.25, -0.2) is 0 Å². The smallest absolute Gasteiger partial charge is 0.126 e. The number of nitrogens with zero attached hydrogens (tertiary/aromatic N) is 2. The summed E-state index contributed by atoms with van der Waals surface area (Å²) < 4.78 is 12.5. The fourth-order valence-corrected chi connectivity index (χ4v) is 4.90. The van der Waals surface area contributed by atoms with Crippen LogP contribution in [0.2, 0.25) is 5.02 Å². The van der Waals surface area contributed by atoms with Gasteiger partial charge in [-0.3, -0.25) is 0 Å². The summed E-state index contributed by atoms with van der Waals surface area (Å²) in [4.78, 5) is 4.65. The Hall–Kier alpha value is -3.05. The first kappa shape index (κ1) is 28.5. The van der Waals surface area contributed by atoms with Crippen molar-refractivity contribution in [1.82, 2.24) is 0 Å². The SMILES string of the molecule is CCOc1cc(N(CC)CC)ccc1C(Nc1ccccc1Cl)c1ccc(N(CC)CC)cc1OCC. The third-order valence-corrected chi connectivity index (χ3v) is 6.98. The predicted octanol–water partition coefficient (Wildman–Crippen LogP) is 8.03. The fourth-order valence-electron chi connectivity index (χ4n) is 4.71. The molecule has 0 spiro atoms. The number of benzene rings is 3. The number of rotatable bonds is 14. The first-order valence-electron chi connectivity index (χ1n) is 13.5. The zero-order valence-corrected chi connectivity index (χ0v) is 23.9. The molecule has 0 aliphatic heterocycles. The Labute approximate surface area is 228 Å². The van der Waals surface area contributed by atoms with Crippen LogP contribution in [0, 0.1) is 0 Å². The average molecular weight is 524 g/mol. The molecule has 37 heavy (non-hydrogen) atoms. The van der Waals surface area contributed by atoms with Crippen LogP contribution in [0.4, 0.5) is 17.1 Å². The van der Waals surface area contributed by atoms with Crippen LogP contribution < -0.4 is 24.6 Å². The zero-order chi connectivity index (χ0) is 26.8. The molecule has 0 bridgehead atoms. The molecule has 6 heteroatoms. The lowest BCUT2D eigenvalue weighted by Gasteiger charge is -2.29. The Kier molecular flexibility index (Phi) is 10.8. The molecule has 0 atom stereocenters. The van der Waals surface area contributed by atoms with E-state index in [2.05, 4.69) is 79.2 Å². The van der Waals surface area contributed by atoms with Crippen LogP contribution in [0.5, 0.6) is 11.5 Å². The molecule has 0 saturated heterocycles. The molecule has 3 rings (SSSR count). The molecular formula is C31H42ClN3O2. The lowest BCUT2D eigenvalue weighted by molar-refractivity contribution is 0.331. The van der Waals surface area contributed by atoms with Gasteiger partial charge in [0, 0.05) is 60.8 Å². The summed E-state index contributed by atoms with van der Waals surface area (Å²) in [6, 6.07) is 20.6. The second kappa shape index (κ2) is 14.0. The highest BCUT2D eigenvalue weighted by atomic mass is 35.5. The second-order valence-electron chi connectivity index (χ2n) is 8.71. The Morgan fingerprint density at radius 2 is 1.14 bits per heavy atom. The van der Waals surface area contributed by atoms with E-state index in [-0.39, 0.29) is 6.04 Å². The lowest BCUT2D eigenvalue weighted by atomic mass is 9.95. The van der Waals surface area contributed by atoms with Crippen molar-refractivity contribution in [1.29, 1.82) is 0 Å². The number of ether oxygens (including phenoxy) is 2. The van der Waals surface area contributed by atoms with Gasteiger partial charge < -0.3 is 24.6 Å². The van der Waals surface area contributed by atoms with E-state index in [4.69, 9.17) is 21.1 Å². The van der Waals surface area contributed by atoms with Gasteiger partial charge in [0.1, 0.15) is 11.5 Å². The topological polar surface area (TPSA) is 37.0 Å². The molecule has 0 saturated carbocycles. The fraction of sp³-hybridized carbons (Fsp3) is 0.419. The van der Waals surface area contributed by atoms with Crippen LogP contribution in [0.25, 0.3) is 0 Å². The highest BCUT2D eigenvalue weighted by Crippen LogP contribution is 2.41. The predicted molar refractivity (Wildman–Crippen MR) is 159 cm³/mol. The van der Waals surface area contributed by atoms with Crippen molar-refractivity contribution >= 4 is 28.7 Å². The molecule has 0 radical (unpaired) electrons. The highest BCUT2D eigenvalue weighted by Gasteiger charge is 2.25. The molecule has 5 nitrogen and oxygen atoms in total. The summed E-state index contributed by atoms with van der Waals surface area (Å²) in [7, 11) is 0. The Bertz CT molecular complexity index is 1060.